The molecule has 0 aliphatic carbocycles. The van der Waals surface area contributed by atoms with E-state index >= 15 is 0 Å². The highest BCUT2D eigenvalue weighted by molar-refractivity contribution is 5.94. The summed E-state index contributed by atoms with van der Waals surface area (Å²) in [5.41, 5.74) is 4.16. The van der Waals surface area contributed by atoms with Gasteiger partial charge in [0.25, 0.3) is 0 Å². The van der Waals surface area contributed by atoms with Crippen molar-refractivity contribution in [2.75, 3.05) is 13.1 Å². The van der Waals surface area contributed by atoms with Gasteiger partial charge in [0.2, 0.25) is 0 Å². The zero-order valence-corrected chi connectivity index (χ0v) is 11.2. The van der Waals surface area contributed by atoms with Crippen LogP contribution < -0.4 is 5.32 Å². The quantitative estimate of drug-likeness (QED) is 0.828. The first kappa shape index (κ1) is 12.4. The number of allylic oxidation sites excluding steroid dienone is 1. The largest absolute Gasteiger partial charge is 0.457 e. The van der Waals surface area contributed by atoms with Crippen LogP contribution in [-0.4, -0.2) is 19.1 Å². The van der Waals surface area contributed by atoms with Crippen LogP contribution in [0.2, 0.25) is 0 Å². The summed E-state index contributed by atoms with van der Waals surface area (Å²) in [5, 5.41) is 3.38. The van der Waals surface area contributed by atoms with E-state index in [2.05, 4.69) is 24.4 Å². The number of carbonyl (C=O) groups is 1. The molecule has 3 nitrogen and oxygen atoms in total. The summed E-state index contributed by atoms with van der Waals surface area (Å²) in [7, 11) is 0. The molecule has 2 heterocycles. The van der Waals surface area contributed by atoms with Gasteiger partial charge in [-0.2, -0.15) is 0 Å². The predicted molar refractivity (Wildman–Crippen MR) is 74.9 cm³/mol. The number of benzene rings is 1. The van der Waals surface area contributed by atoms with Gasteiger partial charge < -0.3 is 10.1 Å². The lowest BCUT2D eigenvalue weighted by Crippen LogP contribution is -2.26. The molecule has 3 heteroatoms. The number of carbonyl (C=O) groups excluding carboxylic acids is 1. The van der Waals surface area contributed by atoms with Crippen LogP contribution in [0.3, 0.4) is 0 Å². The summed E-state index contributed by atoms with van der Waals surface area (Å²) >= 11 is 0. The number of fused-ring (bicyclic) bond motifs is 1. The van der Waals surface area contributed by atoms with Gasteiger partial charge in [0.05, 0.1) is 5.56 Å². The molecule has 0 unspecified atom stereocenters. The maximum atomic E-state index is 11.5. The first-order chi connectivity index (χ1) is 9.25. The Hall–Kier alpha value is -1.61. The van der Waals surface area contributed by atoms with Crippen molar-refractivity contribution in [2.24, 2.45) is 5.92 Å². The van der Waals surface area contributed by atoms with E-state index in [9.17, 15) is 4.79 Å². The van der Waals surface area contributed by atoms with Crippen molar-refractivity contribution in [1.29, 1.82) is 0 Å². The molecule has 0 amide bonds. The predicted octanol–water partition coefficient (Wildman–Crippen LogP) is 2.68. The average molecular weight is 257 g/mol. The molecule has 0 bridgehead atoms. The molecule has 0 radical (unpaired) electrons. The molecule has 1 aromatic rings. The van der Waals surface area contributed by atoms with Gasteiger partial charge in [-0.3, -0.25) is 0 Å². The maximum absolute atomic E-state index is 11.5. The van der Waals surface area contributed by atoms with Crippen molar-refractivity contribution >= 4 is 12.0 Å². The highest BCUT2D eigenvalue weighted by Gasteiger charge is 2.23. The Morgan fingerprint density at radius 2 is 2.11 bits per heavy atom. The van der Waals surface area contributed by atoms with E-state index in [0.717, 1.165) is 24.2 Å². The average Bonchev–Trinajstić information content (AvgIpc) is 2.82. The van der Waals surface area contributed by atoms with Crippen molar-refractivity contribution in [3.63, 3.8) is 0 Å². The zero-order valence-electron chi connectivity index (χ0n) is 11.2. The van der Waals surface area contributed by atoms with Gasteiger partial charge in [0.15, 0.2) is 0 Å². The van der Waals surface area contributed by atoms with E-state index in [1.54, 1.807) is 0 Å². The van der Waals surface area contributed by atoms with Crippen LogP contribution in [0.5, 0.6) is 0 Å². The van der Waals surface area contributed by atoms with Gasteiger partial charge in [-0.15, -0.1) is 0 Å². The minimum Gasteiger partial charge on any atom is -0.457 e. The second-order valence-corrected chi connectivity index (χ2v) is 5.33. The third-order valence-corrected chi connectivity index (χ3v) is 4.14. The Balaban J connectivity index is 1.82. The van der Waals surface area contributed by atoms with Crippen LogP contribution in [0, 0.1) is 12.8 Å². The molecule has 0 spiro atoms. The molecule has 2 aliphatic heterocycles. The SMILES string of the molecule is Cc1c(/C=C/C2CCNCC2)ccc2c1COC2=O. The van der Waals surface area contributed by atoms with E-state index < -0.39 is 0 Å². The standard InChI is InChI=1S/C16H19NO2/c1-11-13(3-2-12-6-8-17-9-7-12)4-5-14-15(11)10-19-16(14)18/h2-5,12,17H,6-10H2,1H3/b3-2+. The summed E-state index contributed by atoms with van der Waals surface area (Å²) in [5.74, 6) is 0.485. The lowest BCUT2D eigenvalue weighted by atomic mass is 9.94. The molecule has 0 saturated carbocycles. The number of ether oxygens (including phenoxy) is 1. The Labute approximate surface area is 113 Å². The summed E-state index contributed by atoms with van der Waals surface area (Å²) < 4.78 is 5.08. The molecule has 3 rings (SSSR count). The third-order valence-electron chi connectivity index (χ3n) is 4.14. The first-order valence-corrected chi connectivity index (χ1v) is 6.94. The minimum atomic E-state index is -0.188. The fourth-order valence-corrected chi connectivity index (χ4v) is 2.82. The molecule has 1 aromatic carbocycles. The van der Waals surface area contributed by atoms with Crippen LogP contribution in [-0.2, 0) is 11.3 Å². The van der Waals surface area contributed by atoms with Crippen molar-refractivity contribution in [3.8, 4) is 0 Å². The molecular weight excluding hydrogens is 238 g/mol. The topological polar surface area (TPSA) is 38.3 Å². The Morgan fingerprint density at radius 3 is 2.89 bits per heavy atom. The summed E-state index contributed by atoms with van der Waals surface area (Å²) in [4.78, 5) is 11.5. The molecular formula is C16H19NO2. The van der Waals surface area contributed by atoms with E-state index in [1.807, 2.05) is 12.1 Å². The van der Waals surface area contributed by atoms with Gasteiger partial charge in [0.1, 0.15) is 6.61 Å². The smallest absolute Gasteiger partial charge is 0.338 e. The van der Waals surface area contributed by atoms with E-state index in [4.69, 9.17) is 4.74 Å². The summed E-state index contributed by atoms with van der Waals surface area (Å²) in [6.07, 6.45) is 6.94. The first-order valence-electron chi connectivity index (χ1n) is 6.94. The van der Waals surface area contributed by atoms with E-state index in [-0.39, 0.29) is 5.97 Å². The number of hydrogen-bond donors (Lipinski definition) is 1. The van der Waals surface area contributed by atoms with Crippen LogP contribution in [0.4, 0.5) is 0 Å². The molecule has 100 valence electrons. The third kappa shape index (κ3) is 2.43. The van der Waals surface area contributed by atoms with Crippen LogP contribution in [0.15, 0.2) is 18.2 Å². The molecule has 1 saturated heterocycles. The summed E-state index contributed by atoms with van der Waals surface area (Å²) in [6.45, 7) is 4.72. The minimum absolute atomic E-state index is 0.188. The molecule has 0 atom stereocenters. The van der Waals surface area contributed by atoms with Crippen molar-refractivity contribution in [2.45, 2.75) is 26.4 Å². The van der Waals surface area contributed by atoms with Gasteiger partial charge in [-0.05, 0) is 56.0 Å². The van der Waals surface area contributed by atoms with Crippen LogP contribution >= 0.6 is 0 Å². The van der Waals surface area contributed by atoms with Gasteiger partial charge in [-0.1, -0.05) is 18.2 Å². The Kier molecular flexibility index (Phi) is 3.38. The number of esters is 1. The van der Waals surface area contributed by atoms with Crippen LogP contribution in [0.25, 0.3) is 6.08 Å². The van der Waals surface area contributed by atoms with Gasteiger partial charge in [0, 0.05) is 5.56 Å². The van der Waals surface area contributed by atoms with Crippen LogP contribution in [0.1, 0.15) is 39.9 Å². The number of piperidine rings is 1. The lowest BCUT2D eigenvalue weighted by Gasteiger charge is -2.19. The van der Waals surface area contributed by atoms with Crippen molar-refractivity contribution in [1.82, 2.24) is 5.32 Å². The van der Waals surface area contributed by atoms with Crippen molar-refractivity contribution < 1.29 is 9.53 Å². The molecule has 2 aliphatic rings. The van der Waals surface area contributed by atoms with Gasteiger partial charge >= 0.3 is 5.97 Å². The second-order valence-electron chi connectivity index (χ2n) is 5.33. The Morgan fingerprint density at radius 1 is 1.32 bits per heavy atom. The van der Waals surface area contributed by atoms with Gasteiger partial charge in [-0.25, -0.2) is 4.79 Å². The fraction of sp³-hybridized carbons (Fsp3) is 0.438. The number of nitrogens with one attached hydrogen (secondary N) is 1. The number of rotatable bonds is 2. The molecule has 19 heavy (non-hydrogen) atoms. The normalized spacial score (nSPS) is 19.7. The molecule has 1 fully saturated rings. The highest BCUT2D eigenvalue weighted by Crippen LogP contribution is 2.27. The number of hydrogen-bond acceptors (Lipinski definition) is 3. The number of cyclic esters (lactones) is 1. The Bertz CT molecular complexity index is 528. The lowest BCUT2D eigenvalue weighted by molar-refractivity contribution is 0.0535. The molecule has 1 N–H and O–H groups in total. The zero-order chi connectivity index (χ0) is 13.2. The van der Waals surface area contributed by atoms with E-state index in [1.165, 1.54) is 24.0 Å². The monoisotopic (exact) mass is 257 g/mol. The van der Waals surface area contributed by atoms with Crippen molar-refractivity contribution in [3.05, 3.63) is 40.5 Å². The maximum Gasteiger partial charge on any atom is 0.338 e. The fourth-order valence-electron chi connectivity index (χ4n) is 2.82. The molecule has 0 aromatic heterocycles. The summed E-state index contributed by atoms with van der Waals surface area (Å²) in [6, 6.07) is 3.91. The second kappa shape index (κ2) is 5.17. The van der Waals surface area contributed by atoms with E-state index in [0.29, 0.717) is 12.5 Å². The highest BCUT2D eigenvalue weighted by atomic mass is 16.5.